The number of imidazole rings is 1. The summed E-state index contributed by atoms with van der Waals surface area (Å²) < 4.78 is 4.35. The van der Waals surface area contributed by atoms with Crippen molar-refractivity contribution in [2.45, 2.75) is 32.4 Å². The Bertz CT molecular complexity index is 1050. The zero-order valence-corrected chi connectivity index (χ0v) is 16.6. The minimum absolute atomic E-state index is 0.756. The fraction of sp³-hybridized carbons (Fsp3) is 0.333. The second-order valence-corrected chi connectivity index (χ2v) is 7.92. The average Bonchev–Trinajstić information content (AvgIpc) is 3.39. The minimum atomic E-state index is 0.756. The van der Waals surface area contributed by atoms with E-state index in [0.717, 1.165) is 69.8 Å². The Labute approximate surface area is 171 Å². The summed E-state index contributed by atoms with van der Waals surface area (Å²) in [5.74, 6) is 1.13. The molecule has 0 amide bonds. The highest BCUT2D eigenvalue weighted by Crippen LogP contribution is 2.35. The smallest absolute Gasteiger partial charge is 0.166 e. The molecule has 2 aliphatic heterocycles. The lowest BCUT2D eigenvalue weighted by atomic mass is 9.90. The molecule has 29 heavy (non-hydrogen) atoms. The molecule has 5 nitrogen and oxygen atoms in total. The van der Waals surface area contributed by atoms with Gasteiger partial charge in [0.2, 0.25) is 0 Å². The first-order valence-corrected chi connectivity index (χ1v) is 10.5. The minimum Gasteiger partial charge on any atom is -0.344 e. The molecule has 4 heterocycles. The molecule has 5 heteroatoms. The molecule has 0 spiro atoms. The van der Waals surface area contributed by atoms with Crippen LogP contribution < -0.4 is 0 Å². The van der Waals surface area contributed by atoms with Gasteiger partial charge in [-0.25, -0.2) is 4.98 Å². The Hall–Kier alpha value is -2.92. The van der Waals surface area contributed by atoms with Crippen molar-refractivity contribution < 1.29 is 4.79 Å². The first-order chi connectivity index (χ1) is 14.3. The summed E-state index contributed by atoms with van der Waals surface area (Å²) in [4.78, 5) is 18.4. The maximum absolute atomic E-state index is 11.1. The number of rotatable bonds is 4. The summed E-state index contributed by atoms with van der Waals surface area (Å²) in [5, 5.41) is 0. The lowest BCUT2D eigenvalue weighted by Crippen LogP contribution is -2.34. The Morgan fingerprint density at radius 2 is 1.79 bits per heavy atom. The standard InChI is InChI=1S/C24H26N4O/c29-18-21-5-3-11-27(21)17-16-26-12-7-20(8-13-26)23-22-6-2-1-4-19(22)9-14-28-15-10-25-24(23)28/h1-6,10-11,15,18H,7-9,12-14,16-17H2. The van der Waals surface area contributed by atoms with Crippen LogP contribution in [0.3, 0.4) is 0 Å². The molecular weight excluding hydrogens is 360 g/mol. The first kappa shape index (κ1) is 18.1. The normalized spacial score (nSPS) is 17.0. The monoisotopic (exact) mass is 386 g/mol. The number of hydrogen-bond acceptors (Lipinski definition) is 3. The van der Waals surface area contributed by atoms with Gasteiger partial charge in [-0.05, 0) is 42.5 Å². The van der Waals surface area contributed by atoms with Crippen LogP contribution in [-0.2, 0) is 19.5 Å². The predicted molar refractivity (Wildman–Crippen MR) is 114 cm³/mol. The third kappa shape index (κ3) is 3.47. The fourth-order valence-corrected chi connectivity index (χ4v) is 4.69. The molecule has 0 aliphatic carbocycles. The molecule has 2 aromatic heterocycles. The highest BCUT2D eigenvalue weighted by molar-refractivity contribution is 5.81. The maximum atomic E-state index is 11.1. The van der Waals surface area contributed by atoms with E-state index in [0.29, 0.717) is 0 Å². The zero-order valence-electron chi connectivity index (χ0n) is 16.6. The molecule has 5 rings (SSSR count). The number of piperidine rings is 1. The molecule has 148 valence electrons. The molecule has 0 unspecified atom stereocenters. The van der Waals surface area contributed by atoms with E-state index in [1.165, 1.54) is 22.3 Å². The zero-order chi connectivity index (χ0) is 19.6. The molecule has 1 aromatic carbocycles. The van der Waals surface area contributed by atoms with Gasteiger partial charge in [0.15, 0.2) is 6.29 Å². The van der Waals surface area contributed by atoms with Crippen LogP contribution in [0.1, 0.15) is 40.3 Å². The third-order valence-electron chi connectivity index (χ3n) is 6.30. The van der Waals surface area contributed by atoms with Crippen LogP contribution in [0, 0.1) is 0 Å². The average molecular weight is 386 g/mol. The number of carbonyl (C=O) groups excluding carboxylic acids is 1. The van der Waals surface area contributed by atoms with Crippen molar-refractivity contribution in [1.29, 1.82) is 0 Å². The van der Waals surface area contributed by atoms with Gasteiger partial charge in [-0.1, -0.05) is 29.8 Å². The number of likely N-dealkylation sites (tertiary alicyclic amines) is 1. The summed E-state index contributed by atoms with van der Waals surface area (Å²) >= 11 is 0. The number of nitrogens with zero attached hydrogens (tertiary/aromatic N) is 4. The van der Waals surface area contributed by atoms with Gasteiger partial charge >= 0.3 is 0 Å². The van der Waals surface area contributed by atoms with Gasteiger partial charge < -0.3 is 14.0 Å². The lowest BCUT2D eigenvalue weighted by molar-refractivity contribution is 0.111. The molecule has 0 N–H and O–H groups in total. The van der Waals surface area contributed by atoms with Gasteiger partial charge in [-0.2, -0.15) is 0 Å². The van der Waals surface area contributed by atoms with E-state index in [-0.39, 0.29) is 0 Å². The molecule has 1 saturated heterocycles. The van der Waals surface area contributed by atoms with E-state index in [1.54, 1.807) is 0 Å². The number of fused-ring (bicyclic) bond motifs is 2. The van der Waals surface area contributed by atoms with Gasteiger partial charge in [0.25, 0.3) is 0 Å². The highest BCUT2D eigenvalue weighted by atomic mass is 16.1. The van der Waals surface area contributed by atoms with Crippen molar-refractivity contribution in [1.82, 2.24) is 19.0 Å². The third-order valence-corrected chi connectivity index (χ3v) is 6.30. The van der Waals surface area contributed by atoms with Crippen LogP contribution >= 0.6 is 0 Å². The van der Waals surface area contributed by atoms with Crippen LogP contribution in [0.25, 0.3) is 5.57 Å². The maximum Gasteiger partial charge on any atom is 0.166 e. The summed E-state index contributed by atoms with van der Waals surface area (Å²) in [6.07, 6.45) is 10.2. The van der Waals surface area contributed by atoms with Gasteiger partial charge in [-0.15, -0.1) is 0 Å². The van der Waals surface area contributed by atoms with E-state index in [4.69, 9.17) is 4.98 Å². The van der Waals surface area contributed by atoms with Crippen LogP contribution in [0.4, 0.5) is 0 Å². The lowest BCUT2D eigenvalue weighted by Gasteiger charge is -2.30. The molecule has 0 radical (unpaired) electrons. The first-order valence-electron chi connectivity index (χ1n) is 10.5. The van der Waals surface area contributed by atoms with Crippen LogP contribution in [0.2, 0.25) is 0 Å². The number of carbonyl (C=O) groups is 1. The van der Waals surface area contributed by atoms with Crippen molar-refractivity contribution >= 4 is 11.9 Å². The SMILES string of the molecule is O=Cc1cccn1CCN1CCC(=C2c3ccccc3CCn3ccnc32)CC1. The predicted octanol–water partition coefficient (Wildman–Crippen LogP) is 3.65. The molecule has 0 atom stereocenters. The highest BCUT2D eigenvalue weighted by Gasteiger charge is 2.24. The van der Waals surface area contributed by atoms with Gasteiger partial charge in [0, 0.05) is 56.9 Å². The van der Waals surface area contributed by atoms with E-state index in [9.17, 15) is 4.79 Å². The van der Waals surface area contributed by atoms with E-state index in [1.807, 2.05) is 29.1 Å². The van der Waals surface area contributed by atoms with Crippen molar-refractivity contribution in [2.24, 2.45) is 0 Å². The van der Waals surface area contributed by atoms with E-state index in [2.05, 4.69) is 39.9 Å². The number of hydrogen-bond donors (Lipinski definition) is 0. The van der Waals surface area contributed by atoms with E-state index < -0.39 is 0 Å². The van der Waals surface area contributed by atoms with Crippen molar-refractivity contribution in [2.75, 3.05) is 19.6 Å². The molecular formula is C24H26N4O. The van der Waals surface area contributed by atoms with Gasteiger partial charge in [-0.3, -0.25) is 4.79 Å². The Balaban J connectivity index is 1.37. The number of aromatic nitrogens is 3. The molecule has 0 saturated carbocycles. The van der Waals surface area contributed by atoms with Crippen LogP contribution in [0.15, 0.2) is 60.6 Å². The Kier molecular flexibility index (Phi) is 4.90. The largest absolute Gasteiger partial charge is 0.344 e. The summed E-state index contributed by atoms with van der Waals surface area (Å²) in [7, 11) is 0. The molecule has 3 aromatic rings. The second kappa shape index (κ2) is 7.84. The number of benzene rings is 1. The second-order valence-electron chi connectivity index (χ2n) is 7.92. The van der Waals surface area contributed by atoms with Gasteiger partial charge in [0.1, 0.15) is 5.82 Å². The Morgan fingerprint density at radius 3 is 2.66 bits per heavy atom. The van der Waals surface area contributed by atoms with Crippen molar-refractivity contribution in [3.63, 3.8) is 0 Å². The van der Waals surface area contributed by atoms with Gasteiger partial charge in [0.05, 0.1) is 5.69 Å². The van der Waals surface area contributed by atoms with Crippen molar-refractivity contribution in [3.05, 3.63) is 83.2 Å². The molecule has 2 aliphatic rings. The Morgan fingerprint density at radius 1 is 0.931 bits per heavy atom. The van der Waals surface area contributed by atoms with E-state index >= 15 is 0 Å². The summed E-state index contributed by atoms with van der Waals surface area (Å²) in [5.41, 5.74) is 6.43. The summed E-state index contributed by atoms with van der Waals surface area (Å²) in [6, 6.07) is 12.6. The van der Waals surface area contributed by atoms with Crippen LogP contribution in [0.5, 0.6) is 0 Å². The number of aldehydes is 1. The topological polar surface area (TPSA) is 43.1 Å². The quantitative estimate of drug-likeness (QED) is 0.643. The van der Waals surface area contributed by atoms with Crippen molar-refractivity contribution in [3.8, 4) is 0 Å². The van der Waals surface area contributed by atoms with Crippen LogP contribution in [-0.4, -0.2) is 44.9 Å². The molecule has 1 fully saturated rings. The number of aryl methyl sites for hydroxylation is 2. The fourth-order valence-electron chi connectivity index (χ4n) is 4.69. The summed E-state index contributed by atoms with van der Waals surface area (Å²) in [6.45, 7) is 4.94. The molecule has 0 bridgehead atoms.